The van der Waals surface area contributed by atoms with Crippen LogP contribution in [-0.4, -0.2) is 0 Å². The highest BCUT2D eigenvalue weighted by molar-refractivity contribution is 5.39. The number of para-hydroxylation sites is 1. The molecule has 0 aliphatic rings. The number of benzene rings is 2. The molecule has 0 fully saturated rings. The number of rotatable bonds is 4. The van der Waals surface area contributed by atoms with Gasteiger partial charge in [-0.2, -0.15) is 0 Å². The fourth-order valence-corrected chi connectivity index (χ4v) is 1.73. The highest BCUT2D eigenvalue weighted by Gasteiger charge is 2.10. The van der Waals surface area contributed by atoms with Gasteiger partial charge in [0.15, 0.2) is 0 Å². The molecule has 1 atom stereocenters. The summed E-state index contributed by atoms with van der Waals surface area (Å²) in [5.41, 5.74) is 7.00. The van der Waals surface area contributed by atoms with Crippen LogP contribution < -0.4 is 10.5 Å². The fraction of sp³-hybridized carbons (Fsp3) is 0.200. The minimum atomic E-state index is -0.277. The number of ether oxygens (including phenoxy) is 1. The van der Waals surface area contributed by atoms with E-state index >= 15 is 0 Å². The summed E-state index contributed by atoms with van der Waals surface area (Å²) in [5.74, 6) is 1.05. The second-order valence-corrected chi connectivity index (χ2v) is 4.11. The number of hydrogen-bond donors (Lipinski definition) is 1. The fourth-order valence-electron chi connectivity index (χ4n) is 1.73. The van der Waals surface area contributed by atoms with Crippen molar-refractivity contribution in [1.29, 1.82) is 0 Å². The van der Waals surface area contributed by atoms with Gasteiger partial charge in [-0.15, -0.1) is 0 Å². The summed E-state index contributed by atoms with van der Waals surface area (Å²) in [5, 5.41) is 0. The van der Waals surface area contributed by atoms with Gasteiger partial charge in [-0.3, -0.25) is 0 Å². The van der Waals surface area contributed by atoms with Crippen LogP contribution in [0.5, 0.6) is 11.5 Å². The van der Waals surface area contributed by atoms with Crippen LogP contribution in [0.1, 0.15) is 24.9 Å². The second-order valence-electron chi connectivity index (χ2n) is 4.11. The summed E-state index contributed by atoms with van der Waals surface area (Å²) in [6.07, 6.45) is 0.837. The normalized spacial score (nSPS) is 12.2. The molecule has 0 saturated heterocycles. The van der Waals surface area contributed by atoms with Gasteiger partial charge >= 0.3 is 0 Å². The van der Waals surface area contributed by atoms with Crippen molar-refractivity contribution in [2.24, 2.45) is 5.73 Å². The standard InChI is InChI=1S/C15H16FNO/c1-2-14(17)13-5-3-4-6-15(13)18-12-9-7-11(16)8-10-12/h3-10,14H,2,17H2,1H3. The Morgan fingerprint density at radius 2 is 1.78 bits per heavy atom. The molecule has 0 saturated carbocycles. The molecule has 1 unspecified atom stereocenters. The first-order chi connectivity index (χ1) is 8.70. The summed E-state index contributed by atoms with van der Waals surface area (Å²) in [6.45, 7) is 2.03. The van der Waals surface area contributed by atoms with Crippen molar-refractivity contribution in [2.75, 3.05) is 0 Å². The molecule has 94 valence electrons. The zero-order valence-electron chi connectivity index (χ0n) is 10.3. The van der Waals surface area contributed by atoms with E-state index in [1.54, 1.807) is 12.1 Å². The van der Waals surface area contributed by atoms with Crippen molar-refractivity contribution in [3.8, 4) is 11.5 Å². The van der Waals surface area contributed by atoms with Gasteiger partial charge in [-0.1, -0.05) is 25.1 Å². The molecule has 18 heavy (non-hydrogen) atoms. The molecular weight excluding hydrogens is 229 g/mol. The zero-order chi connectivity index (χ0) is 13.0. The highest BCUT2D eigenvalue weighted by atomic mass is 19.1. The first kappa shape index (κ1) is 12.6. The van der Waals surface area contributed by atoms with E-state index < -0.39 is 0 Å². The lowest BCUT2D eigenvalue weighted by Crippen LogP contribution is -2.09. The first-order valence-electron chi connectivity index (χ1n) is 5.98. The van der Waals surface area contributed by atoms with Crippen LogP contribution in [0.15, 0.2) is 48.5 Å². The number of hydrogen-bond acceptors (Lipinski definition) is 2. The van der Waals surface area contributed by atoms with E-state index in [2.05, 4.69) is 0 Å². The van der Waals surface area contributed by atoms with Gasteiger partial charge in [-0.05, 0) is 36.8 Å². The van der Waals surface area contributed by atoms with Crippen LogP contribution in [0.25, 0.3) is 0 Å². The van der Waals surface area contributed by atoms with Crippen molar-refractivity contribution >= 4 is 0 Å². The topological polar surface area (TPSA) is 35.2 Å². The molecule has 2 aromatic rings. The molecule has 0 aliphatic carbocycles. The smallest absolute Gasteiger partial charge is 0.132 e. The van der Waals surface area contributed by atoms with Gasteiger partial charge in [-0.25, -0.2) is 4.39 Å². The van der Waals surface area contributed by atoms with Crippen LogP contribution in [0.4, 0.5) is 4.39 Å². The van der Waals surface area contributed by atoms with Gasteiger partial charge in [0.05, 0.1) is 0 Å². The molecular formula is C15H16FNO. The second kappa shape index (κ2) is 5.65. The van der Waals surface area contributed by atoms with Crippen molar-refractivity contribution in [3.63, 3.8) is 0 Å². The van der Waals surface area contributed by atoms with Crippen LogP contribution in [0.2, 0.25) is 0 Å². The predicted octanol–water partition coefficient (Wildman–Crippen LogP) is 4.03. The summed E-state index contributed by atoms with van der Waals surface area (Å²) >= 11 is 0. The molecule has 0 bridgehead atoms. The van der Waals surface area contributed by atoms with Crippen LogP contribution in [0, 0.1) is 5.82 Å². The molecule has 0 aromatic heterocycles. The van der Waals surface area contributed by atoms with Crippen molar-refractivity contribution in [1.82, 2.24) is 0 Å². The zero-order valence-corrected chi connectivity index (χ0v) is 10.3. The maximum Gasteiger partial charge on any atom is 0.132 e. The van der Waals surface area contributed by atoms with Gasteiger partial charge in [0.25, 0.3) is 0 Å². The number of nitrogens with two attached hydrogens (primary N) is 1. The molecule has 0 radical (unpaired) electrons. The Morgan fingerprint density at radius 3 is 2.44 bits per heavy atom. The molecule has 2 rings (SSSR count). The lowest BCUT2D eigenvalue weighted by atomic mass is 10.0. The average Bonchev–Trinajstić information content (AvgIpc) is 2.41. The lowest BCUT2D eigenvalue weighted by Gasteiger charge is -2.15. The van der Waals surface area contributed by atoms with E-state index in [0.717, 1.165) is 17.7 Å². The number of halogens is 1. The summed E-state index contributed by atoms with van der Waals surface area (Å²) in [7, 11) is 0. The van der Waals surface area contributed by atoms with Crippen LogP contribution in [0.3, 0.4) is 0 Å². The Labute approximate surface area is 106 Å². The molecule has 0 spiro atoms. The molecule has 2 nitrogen and oxygen atoms in total. The largest absolute Gasteiger partial charge is 0.457 e. The monoisotopic (exact) mass is 245 g/mol. The van der Waals surface area contributed by atoms with Gasteiger partial charge in [0.2, 0.25) is 0 Å². The van der Waals surface area contributed by atoms with Crippen molar-refractivity contribution < 1.29 is 9.13 Å². The molecule has 2 aromatic carbocycles. The maximum absolute atomic E-state index is 12.8. The van der Waals surface area contributed by atoms with Crippen molar-refractivity contribution in [2.45, 2.75) is 19.4 Å². The SMILES string of the molecule is CCC(N)c1ccccc1Oc1ccc(F)cc1. The van der Waals surface area contributed by atoms with E-state index in [4.69, 9.17) is 10.5 Å². The Morgan fingerprint density at radius 1 is 1.11 bits per heavy atom. The Balaban J connectivity index is 2.26. The maximum atomic E-state index is 12.8. The van der Waals surface area contributed by atoms with E-state index in [-0.39, 0.29) is 11.9 Å². The van der Waals surface area contributed by atoms with Gasteiger partial charge in [0.1, 0.15) is 17.3 Å². The minimum Gasteiger partial charge on any atom is -0.457 e. The van der Waals surface area contributed by atoms with Crippen LogP contribution in [-0.2, 0) is 0 Å². The van der Waals surface area contributed by atoms with Crippen molar-refractivity contribution in [3.05, 3.63) is 59.9 Å². The molecule has 0 heterocycles. The molecule has 3 heteroatoms. The summed E-state index contributed by atoms with van der Waals surface area (Å²) in [6, 6.07) is 13.5. The van der Waals surface area contributed by atoms with E-state index in [9.17, 15) is 4.39 Å². The lowest BCUT2D eigenvalue weighted by molar-refractivity contribution is 0.467. The minimum absolute atomic E-state index is 0.0540. The Hall–Kier alpha value is -1.87. The van der Waals surface area contributed by atoms with E-state index in [0.29, 0.717) is 5.75 Å². The third-order valence-corrected chi connectivity index (χ3v) is 2.80. The Kier molecular flexibility index (Phi) is 3.95. The van der Waals surface area contributed by atoms with E-state index in [1.807, 2.05) is 31.2 Å². The first-order valence-corrected chi connectivity index (χ1v) is 5.98. The molecule has 0 amide bonds. The summed E-state index contributed by atoms with van der Waals surface area (Å²) in [4.78, 5) is 0. The quantitative estimate of drug-likeness (QED) is 0.882. The molecule has 2 N–H and O–H groups in total. The van der Waals surface area contributed by atoms with E-state index in [1.165, 1.54) is 12.1 Å². The van der Waals surface area contributed by atoms with Gasteiger partial charge < -0.3 is 10.5 Å². The molecule has 0 aliphatic heterocycles. The highest BCUT2D eigenvalue weighted by Crippen LogP contribution is 2.29. The third kappa shape index (κ3) is 2.87. The third-order valence-electron chi connectivity index (χ3n) is 2.80. The average molecular weight is 245 g/mol. The summed E-state index contributed by atoms with van der Waals surface area (Å²) < 4.78 is 18.6. The Bertz CT molecular complexity index is 510. The van der Waals surface area contributed by atoms with Gasteiger partial charge in [0, 0.05) is 11.6 Å². The van der Waals surface area contributed by atoms with Crippen LogP contribution >= 0.6 is 0 Å². The predicted molar refractivity (Wildman–Crippen MR) is 70.1 cm³/mol.